The molecular formula is C21H22F2N2O2. The summed E-state index contributed by atoms with van der Waals surface area (Å²) in [6.07, 6.45) is 0.0438. The Morgan fingerprint density at radius 1 is 1.22 bits per heavy atom. The highest BCUT2D eigenvalue weighted by Gasteiger charge is 2.28. The van der Waals surface area contributed by atoms with Crippen LogP contribution in [0.25, 0.3) is 0 Å². The minimum Gasteiger partial charge on any atom is -0.390 e. The molecule has 0 unspecified atom stereocenters. The fourth-order valence-corrected chi connectivity index (χ4v) is 3.08. The molecule has 0 fully saturated rings. The van der Waals surface area contributed by atoms with Crippen molar-refractivity contribution < 1.29 is 18.4 Å². The number of hydrogen-bond donors (Lipinski definition) is 0. The zero-order valence-electron chi connectivity index (χ0n) is 15.4. The molecule has 0 saturated carbocycles. The highest BCUT2D eigenvalue weighted by molar-refractivity contribution is 6.01. The summed E-state index contributed by atoms with van der Waals surface area (Å²) >= 11 is 0. The molecule has 3 rings (SSSR count). The Labute approximate surface area is 157 Å². The Hall–Kier alpha value is -2.76. The van der Waals surface area contributed by atoms with E-state index in [-0.39, 0.29) is 36.1 Å². The SMILES string of the molecule is CC(C)C(=O)N(Cc1cccc(F)c1)C[C@H]1CC(c2ccccc2F)=NO1. The van der Waals surface area contributed by atoms with E-state index in [2.05, 4.69) is 5.16 Å². The van der Waals surface area contributed by atoms with Crippen LogP contribution in [0.5, 0.6) is 0 Å². The Bertz CT molecular complexity index is 852. The molecule has 1 amide bonds. The molecule has 1 aliphatic heterocycles. The van der Waals surface area contributed by atoms with E-state index in [9.17, 15) is 13.6 Å². The van der Waals surface area contributed by atoms with Crippen molar-refractivity contribution in [1.82, 2.24) is 4.90 Å². The number of carbonyl (C=O) groups is 1. The number of benzene rings is 2. The van der Waals surface area contributed by atoms with Gasteiger partial charge in [-0.3, -0.25) is 4.79 Å². The van der Waals surface area contributed by atoms with Crippen LogP contribution < -0.4 is 0 Å². The fraction of sp³-hybridized carbons (Fsp3) is 0.333. The average molecular weight is 372 g/mol. The Morgan fingerprint density at radius 3 is 2.70 bits per heavy atom. The highest BCUT2D eigenvalue weighted by atomic mass is 19.1. The van der Waals surface area contributed by atoms with Crippen LogP contribution in [0, 0.1) is 17.6 Å². The summed E-state index contributed by atoms with van der Waals surface area (Å²) in [5.41, 5.74) is 1.64. The number of rotatable bonds is 6. The normalized spacial score (nSPS) is 16.2. The molecule has 0 aromatic heterocycles. The number of amides is 1. The summed E-state index contributed by atoms with van der Waals surface area (Å²) < 4.78 is 27.4. The third-order valence-corrected chi connectivity index (χ3v) is 4.41. The first-order valence-electron chi connectivity index (χ1n) is 8.95. The maximum Gasteiger partial charge on any atom is 0.225 e. The minimum atomic E-state index is -0.365. The molecule has 0 radical (unpaired) electrons. The number of nitrogens with zero attached hydrogens (tertiary/aromatic N) is 2. The summed E-state index contributed by atoms with van der Waals surface area (Å²) in [7, 11) is 0. The van der Waals surface area contributed by atoms with Gasteiger partial charge in [0, 0.05) is 24.4 Å². The molecule has 2 aromatic carbocycles. The summed E-state index contributed by atoms with van der Waals surface area (Å²) in [5.74, 6) is -0.948. The van der Waals surface area contributed by atoms with Crippen molar-refractivity contribution in [2.75, 3.05) is 6.54 Å². The van der Waals surface area contributed by atoms with Crippen LogP contribution in [-0.2, 0) is 16.2 Å². The van der Waals surface area contributed by atoms with Crippen LogP contribution >= 0.6 is 0 Å². The van der Waals surface area contributed by atoms with Gasteiger partial charge in [-0.15, -0.1) is 0 Å². The minimum absolute atomic E-state index is 0.0535. The smallest absolute Gasteiger partial charge is 0.225 e. The first kappa shape index (κ1) is 19.0. The number of halogens is 2. The maximum absolute atomic E-state index is 14.0. The zero-order chi connectivity index (χ0) is 19.4. The molecule has 0 N–H and O–H groups in total. The molecule has 4 nitrogen and oxygen atoms in total. The predicted octanol–water partition coefficient (Wildman–Crippen LogP) is 4.14. The molecule has 0 aliphatic carbocycles. The van der Waals surface area contributed by atoms with E-state index in [0.29, 0.717) is 29.8 Å². The second kappa shape index (κ2) is 8.29. The monoisotopic (exact) mass is 372 g/mol. The van der Waals surface area contributed by atoms with E-state index in [4.69, 9.17) is 4.84 Å². The Morgan fingerprint density at radius 2 is 2.00 bits per heavy atom. The third kappa shape index (κ3) is 4.70. The zero-order valence-corrected chi connectivity index (χ0v) is 15.4. The van der Waals surface area contributed by atoms with Gasteiger partial charge >= 0.3 is 0 Å². The molecule has 0 spiro atoms. The van der Waals surface area contributed by atoms with Gasteiger partial charge in [-0.05, 0) is 23.8 Å². The lowest BCUT2D eigenvalue weighted by atomic mass is 10.0. The predicted molar refractivity (Wildman–Crippen MR) is 99.1 cm³/mol. The quantitative estimate of drug-likeness (QED) is 0.765. The average Bonchev–Trinajstić information content (AvgIpc) is 3.09. The third-order valence-electron chi connectivity index (χ3n) is 4.41. The first-order chi connectivity index (χ1) is 12.9. The van der Waals surface area contributed by atoms with E-state index in [1.165, 1.54) is 18.2 Å². The van der Waals surface area contributed by atoms with Gasteiger partial charge in [0.05, 0.1) is 12.3 Å². The molecule has 142 valence electrons. The van der Waals surface area contributed by atoms with Crippen LogP contribution in [-0.4, -0.2) is 29.2 Å². The van der Waals surface area contributed by atoms with Gasteiger partial charge in [0.15, 0.2) is 6.10 Å². The van der Waals surface area contributed by atoms with Crippen LogP contribution in [0.1, 0.15) is 31.4 Å². The van der Waals surface area contributed by atoms with Gasteiger partial charge in [0.1, 0.15) is 11.6 Å². The molecule has 1 atom stereocenters. The van der Waals surface area contributed by atoms with Crippen molar-refractivity contribution in [2.45, 2.75) is 32.9 Å². The first-order valence-corrected chi connectivity index (χ1v) is 8.95. The lowest BCUT2D eigenvalue weighted by Gasteiger charge is -2.26. The molecule has 0 bridgehead atoms. The van der Waals surface area contributed by atoms with Crippen LogP contribution in [0.3, 0.4) is 0 Å². The Balaban J connectivity index is 1.70. The van der Waals surface area contributed by atoms with Crippen LogP contribution in [0.15, 0.2) is 53.7 Å². The van der Waals surface area contributed by atoms with E-state index < -0.39 is 0 Å². The second-order valence-corrected chi connectivity index (χ2v) is 6.95. The Kier molecular flexibility index (Phi) is 5.84. The standard InChI is InChI=1S/C21H22F2N2O2/c1-14(2)21(26)25(12-15-6-5-7-16(22)10-15)13-17-11-20(24-27-17)18-8-3-4-9-19(18)23/h3-10,14,17H,11-13H2,1-2H3/t17-/m1/s1. The van der Waals surface area contributed by atoms with Crippen LogP contribution in [0.4, 0.5) is 8.78 Å². The van der Waals surface area contributed by atoms with Crippen molar-refractivity contribution in [3.8, 4) is 0 Å². The lowest BCUT2D eigenvalue weighted by molar-refractivity contribution is -0.137. The van der Waals surface area contributed by atoms with Gasteiger partial charge in [-0.25, -0.2) is 8.78 Å². The largest absolute Gasteiger partial charge is 0.390 e. The van der Waals surface area contributed by atoms with Crippen molar-refractivity contribution in [1.29, 1.82) is 0 Å². The molecule has 0 saturated heterocycles. The van der Waals surface area contributed by atoms with E-state index >= 15 is 0 Å². The van der Waals surface area contributed by atoms with Gasteiger partial charge < -0.3 is 9.74 Å². The summed E-state index contributed by atoms with van der Waals surface area (Å²) in [4.78, 5) is 19.7. The van der Waals surface area contributed by atoms with Gasteiger partial charge in [-0.1, -0.05) is 49.3 Å². The molecule has 6 heteroatoms. The molecule has 2 aromatic rings. The topological polar surface area (TPSA) is 41.9 Å². The molecule has 1 aliphatic rings. The summed E-state index contributed by atoms with van der Waals surface area (Å²) in [6.45, 7) is 4.22. The maximum atomic E-state index is 14.0. The molecular weight excluding hydrogens is 350 g/mol. The fourth-order valence-electron chi connectivity index (χ4n) is 3.08. The molecule has 27 heavy (non-hydrogen) atoms. The van der Waals surface area contributed by atoms with Gasteiger partial charge in [-0.2, -0.15) is 0 Å². The van der Waals surface area contributed by atoms with Crippen molar-refractivity contribution >= 4 is 11.6 Å². The van der Waals surface area contributed by atoms with E-state index in [1.54, 1.807) is 35.2 Å². The second-order valence-electron chi connectivity index (χ2n) is 6.95. The number of oxime groups is 1. The van der Waals surface area contributed by atoms with Crippen molar-refractivity contribution in [2.24, 2.45) is 11.1 Å². The highest BCUT2D eigenvalue weighted by Crippen LogP contribution is 2.21. The number of carbonyl (C=O) groups excluding carboxylic acids is 1. The van der Waals surface area contributed by atoms with Gasteiger partial charge in [0.25, 0.3) is 0 Å². The number of hydrogen-bond acceptors (Lipinski definition) is 3. The van der Waals surface area contributed by atoms with Gasteiger partial charge in [0.2, 0.25) is 5.91 Å². The lowest BCUT2D eigenvalue weighted by Crippen LogP contribution is -2.39. The van der Waals surface area contributed by atoms with Crippen molar-refractivity contribution in [3.05, 3.63) is 71.3 Å². The van der Waals surface area contributed by atoms with Crippen LogP contribution in [0.2, 0.25) is 0 Å². The summed E-state index contributed by atoms with van der Waals surface area (Å²) in [5, 5.41) is 4.01. The molecule has 1 heterocycles. The van der Waals surface area contributed by atoms with Crippen molar-refractivity contribution in [3.63, 3.8) is 0 Å². The van der Waals surface area contributed by atoms with E-state index in [1.807, 2.05) is 13.8 Å². The van der Waals surface area contributed by atoms with E-state index in [0.717, 1.165) is 0 Å². The summed E-state index contributed by atoms with van der Waals surface area (Å²) in [6, 6.07) is 12.6.